The molecule has 0 aliphatic rings. The summed E-state index contributed by atoms with van der Waals surface area (Å²) in [5.74, 6) is -0.416. The zero-order valence-electron chi connectivity index (χ0n) is 17.9. The molecular formula is C23H22FNO6S. The number of anilines is 1. The fourth-order valence-electron chi connectivity index (χ4n) is 3.22. The van der Waals surface area contributed by atoms with Gasteiger partial charge in [0.05, 0.1) is 33.1 Å². The predicted molar refractivity (Wildman–Crippen MR) is 120 cm³/mol. The molecule has 3 rings (SSSR count). The SMILES string of the molecule is COc1cc(C(=O)c2cc(-c3cccc(NS(C)(=O)=O)c3)ccc2F)cc(OC)c1OC. The smallest absolute Gasteiger partial charge is 0.229 e. The van der Waals surface area contributed by atoms with Crippen molar-refractivity contribution in [3.63, 3.8) is 0 Å². The third-order valence-electron chi connectivity index (χ3n) is 4.64. The van der Waals surface area contributed by atoms with Crippen molar-refractivity contribution < 1.29 is 31.8 Å². The minimum Gasteiger partial charge on any atom is -0.493 e. The summed E-state index contributed by atoms with van der Waals surface area (Å²) in [5, 5.41) is 0. The highest BCUT2D eigenvalue weighted by atomic mass is 32.2. The number of carbonyl (C=O) groups is 1. The highest BCUT2D eigenvalue weighted by Crippen LogP contribution is 2.39. The number of ether oxygens (including phenoxy) is 3. The molecule has 0 radical (unpaired) electrons. The summed E-state index contributed by atoms with van der Waals surface area (Å²) in [6, 6.07) is 13.6. The Morgan fingerprint density at radius 2 is 1.50 bits per heavy atom. The summed E-state index contributed by atoms with van der Waals surface area (Å²) < 4.78 is 55.9. The van der Waals surface area contributed by atoms with E-state index in [2.05, 4.69) is 4.72 Å². The highest BCUT2D eigenvalue weighted by molar-refractivity contribution is 7.92. The van der Waals surface area contributed by atoms with E-state index in [1.165, 1.54) is 51.7 Å². The Bertz CT molecular complexity index is 1250. The molecule has 0 aliphatic heterocycles. The number of methoxy groups -OCH3 is 3. The molecule has 0 fully saturated rings. The minimum atomic E-state index is -3.46. The molecule has 0 heterocycles. The lowest BCUT2D eigenvalue weighted by atomic mass is 9.97. The van der Waals surface area contributed by atoms with Crippen LogP contribution in [0.4, 0.5) is 10.1 Å². The molecule has 0 atom stereocenters. The van der Waals surface area contributed by atoms with E-state index in [4.69, 9.17) is 14.2 Å². The van der Waals surface area contributed by atoms with Gasteiger partial charge in [0.2, 0.25) is 15.8 Å². The van der Waals surface area contributed by atoms with Crippen LogP contribution in [0.1, 0.15) is 15.9 Å². The first kappa shape index (κ1) is 23.1. The van der Waals surface area contributed by atoms with Crippen LogP contribution >= 0.6 is 0 Å². The van der Waals surface area contributed by atoms with Crippen molar-refractivity contribution in [2.45, 2.75) is 0 Å². The zero-order chi connectivity index (χ0) is 23.5. The standard InChI is InChI=1S/C23H22FNO6S/c1-29-20-12-16(13-21(30-2)23(20)31-3)22(26)18-11-15(8-9-19(18)24)14-6-5-7-17(10-14)25-32(4,27)28/h5-13,25H,1-4H3. The molecule has 0 amide bonds. The molecule has 3 aromatic carbocycles. The Labute approximate surface area is 185 Å². The second-order valence-corrected chi connectivity index (χ2v) is 8.64. The topological polar surface area (TPSA) is 90.9 Å². The van der Waals surface area contributed by atoms with E-state index >= 15 is 0 Å². The van der Waals surface area contributed by atoms with Gasteiger partial charge in [-0.15, -0.1) is 0 Å². The molecule has 0 spiro atoms. The van der Waals surface area contributed by atoms with Crippen LogP contribution in [-0.4, -0.2) is 41.8 Å². The first-order valence-corrected chi connectivity index (χ1v) is 11.3. The third kappa shape index (κ3) is 5.00. The van der Waals surface area contributed by atoms with Crippen molar-refractivity contribution in [2.75, 3.05) is 32.3 Å². The molecule has 0 saturated carbocycles. The second kappa shape index (κ2) is 9.27. The number of benzene rings is 3. The monoisotopic (exact) mass is 459 g/mol. The molecule has 0 bridgehead atoms. The molecule has 3 aromatic rings. The van der Waals surface area contributed by atoms with Gasteiger partial charge in [-0.05, 0) is 47.5 Å². The van der Waals surface area contributed by atoms with Crippen LogP contribution in [0, 0.1) is 5.82 Å². The van der Waals surface area contributed by atoms with Crippen LogP contribution < -0.4 is 18.9 Å². The second-order valence-electron chi connectivity index (χ2n) is 6.89. The minimum absolute atomic E-state index is 0.154. The molecule has 1 N–H and O–H groups in total. The van der Waals surface area contributed by atoms with Gasteiger partial charge in [0.15, 0.2) is 17.3 Å². The first-order valence-electron chi connectivity index (χ1n) is 9.39. The van der Waals surface area contributed by atoms with Crippen LogP contribution in [0.15, 0.2) is 54.6 Å². The van der Waals surface area contributed by atoms with Crippen LogP contribution in [0.2, 0.25) is 0 Å². The average Bonchev–Trinajstić information content (AvgIpc) is 2.76. The van der Waals surface area contributed by atoms with E-state index in [-0.39, 0.29) is 22.6 Å². The lowest BCUT2D eigenvalue weighted by Crippen LogP contribution is -2.09. The molecule has 9 heteroatoms. The summed E-state index contributed by atoms with van der Waals surface area (Å²) in [6.45, 7) is 0. The van der Waals surface area contributed by atoms with Crippen LogP contribution in [0.25, 0.3) is 11.1 Å². The number of ketones is 1. The van der Waals surface area contributed by atoms with E-state index < -0.39 is 21.6 Å². The van der Waals surface area contributed by atoms with Gasteiger partial charge in [0, 0.05) is 11.3 Å². The predicted octanol–water partition coefficient (Wildman–Crippen LogP) is 4.12. The first-order chi connectivity index (χ1) is 15.2. The fourth-order valence-corrected chi connectivity index (χ4v) is 3.78. The van der Waals surface area contributed by atoms with E-state index in [1.54, 1.807) is 24.3 Å². The van der Waals surface area contributed by atoms with E-state index in [1.807, 2.05) is 0 Å². The Morgan fingerprint density at radius 3 is 2.06 bits per heavy atom. The normalized spacial score (nSPS) is 11.0. The summed E-state index contributed by atoms with van der Waals surface area (Å²) in [5.41, 5.74) is 1.50. The number of carbonyl (C=O) groups excluding carboxylic acids is 1. The lowest BCUT2D eigenvalue weighted by molar-refractivity contribution is 0.103. The van der Waals surface area contributed by atoms with Gasteiger partial charge in [-0.3, -0.25) is 9.52 Å². The van der Waals surface area contributed by atoms with Gasteiger partial charge in [-0.2, -0.15) is 0 Å². The van der Waals surface area contributed by atoms with Gasteiger partial charge in [-0.25, -0.2) is 12.8 Å². The highest BCUT2D eigenvalue weighted by Gasteiger charge is 2.21. The van der Waals surface area contributed by atoms with Gasteiger partial charge >= 0.3 is 0 Å². The fraction of sp³-hybridized carbons (Fsp3) is 0.174. The summed E-state index contributed by atoms with van der Waals surface area (Å²) in [7, 11) is 0.826. The molecule has 7 nitrogen and oxygen atoms in total. The van der Waals surface area contributed by atoms with Crippen molar-refractivity contribution in [2.24, 2.45) is 0 Å². The summed E-state index contributed by atoms with van der Waals surface area (Å²) >= 11 is 0. The molecule has 168 valence electrons. The number of hydrogen-bond acceptors (Lipinski definition) is 6. The van der Waals surface area contributed by atoms with Crippen LogP contribution in [0.5, 0.6) is 17.2 Å². The van der Waals surface area contributed by atoms with E-state index in [0.29, 0.717) is 22.6 Å². The van der Waals surface area contributed by atoms with E-state index in [0.717, 1.165) is 6.26 Å². The largest absolute Gasteiger partial charge is 0.493 e. The third-order valence-corrected chi connectivity index (χ3v) is 5.24. The van der Waals surface area contributed by atoms with E-state index in [9.17, 15) is 17.6 Å². The van der Waals surface area contributed by atoms with Crippen LogP contribution in [-0.2, 0) is 10.0 Å². The Kier molecular flexibility index (Phi) is 6.69. The molecule has 32 heavy (non-hydrogen) atoms. The van der Waals surface area contributed by atoms with Crippen molar-refractivity contribution in [1.82, 2.24) is 0 Å². The van der Waals surface area contributed by atoms with Crippen molar-refractivity contribution >= 4 is 21.5 Å². The summed E-state index contributed by atoms with van der Waals surface area (Å²) in [4.78, 5) is 13.2. The molecule has 0 aliphatic carbocycles. The van der Waals surface area contributed by atoms with Crippen molar-refractivity contribution in [3.8, 4) is 28.4 Å². The molecular weight excluding hydrogens is 437 g/mol. The molecule has 0 saturated heterocycles. The molecule has 0 aromatic heterocycles. The summed E-state index contributed by atoms with van der Waals surface area (Å²) in [6.07, 6.45) is 1.05. The van der Waals surface area contributed by atoms with Gasteiger partial charge in [0.1, 0.15) is 5.82 Å². The number of halogens is 1. The average molecular weight is 459 g/mol. The number of hydrogen-bond donors (Lipinski definition) is 1. The maximum atomic E-state index is 14.6. The van der Waals surface area contributed by atoms with Gasteiger partial charge in [-0.1, -0.05) is 18.2 Å². The number of nitrogens with one attached hydrogen (secondary N) is 1. The van der Waals surface area contributed by atoms with Gasteiger partial charge < -0.3 is 14.2 Å². The lowest BCUT2D eigenvalue weighted by Gasteiger charge is -2.14. The number of rotatable bonds is 8. The van der Waals surface area contributed by atoms with Crippen LogP contribution in [0.3, 0.4) is 0 Å². The zero-order valence-corrected chi connectivity index (χ0v) is 18.7. The Balaban J connectivity index is 2.05. The van der Waals surface area contributed by atoms with Crippen molar-refractivity contribution in [3.05, 3.63) is 71.5 Å². The Hall–Kier alpha value is -3.59. The maximum absolute atomic E-state index is 14.6. The quantitative estimate of drug-likeness (QED) is 0.510. The number of sulfonamides is 1. The van der Waals surface area contributed by atoms with Crippen molar-refractivity contribution in [1.29, 1.82) is 0 Å². The molecule has 0 unspecified atom stereocenters. The Morgan fingerprint density at radius 1 is 0.875 bits per heavy atom. The maximum Gasteiger partial charge on any atom is 0.229 e. The van der Waals surface area contributed by atoms with Gasteiger partial charge in [0.25, 0.3) is 0 Å².